The van der Waals surface area contributed by atoms with E-state index in [1.54, 1.807) is 0 Å². The Morgan fingerprint density at radius 1 is 1.14 bits per heavy atom. The molecule has 0 saturated carbocycles. The number of nitrogens with two attached hydrogens (primary N) is 1. The number of aliphatic hydroxyl groups excluding tert-OH is 1. The van der Waals surface area contributed by atoms with Gasteiger partial charge in [-0.1, -0.05) is 46.5 Å². The van der Waals surface area contributed by atoms with Gasteiger partial charge in [-0.25, -0.2) is 0 Å². The van der Waals surface area contributed by atoms with E-state index in [2.05, 4.69) is 20.8 Å². The van der Waals surface area contributed by atoms with Gasteiger partial charge >= 0.3 is 0 Å². The molecule has 0 aromatic heterocycles. The average Bonchev–Trinajstić information content (AvgIpc) is 2.11. The Kier molecular flexibility index (Phi) is 8.20. The molecule has 2 nitrogen and oxygen atoms in total. The van der Waals surface area contributed by atoms with Crippen molar-refractivity contribution >= 4 is 0 Å². The van der Waals surface area contributed by atoms with Crippen molar-refractivity contribution < 1.29 is 5.11 Å². The van der Waals surface area contributed by atoms with Crippen LogP contribution in [0.2, 0.25) is 0 Å². The molecule has 86 valence electrons. The molecule has 14 heavy (non-hydrogen) atoms. The second-order valence-corrected chi connectivity index (χ2v) is 4.71. The molecule has 0 rings (SSSR count). The van der Waals surface area contributed by atoms with Crippen LogP contribution in [0.1, 0.15) is 59.3 Å². The molecule has 0 bridgehead atoms. The van der Waals surface area contributed by atoms with Gasteiger partial charge in [-0.05, 0) is 18.8 Å². The van der Waals surface area contributed by atoms with E-state index in [0.717, 1.165) is 19.3 Å². The minimum Gasteiger partial charge on any atom is -0.392 e. The van der Waals surface area contributed by atoms with E-state index in [-0.39, 0.29) is 12.1 Å². The highest BCUT2D eigenvalue weighted by atomic mass is 16.3. The summed E-state index contributed by atoms with van der Waals surface area (Å²) in [7, 11) is 0. The average molecular weight is 201 g/mol. The van der Waals surface area contributed by atoms with Gasteiger partial charge in [-0.2, -0.15) is 0 Å². The first kappa shape index (κ1) is 13.9. The van der Waals surface area contributed by atoms with E-state index in [1.807, 2.05) is 0 Å². The quantitative estimate of drug-likeness (QED) is 0.593. The summed E-state index contributed by atoms with van der Waals surface area (Å²) in [4.78, 5) is 0. The molecule has 2 heteroatoms. The van der Waals surface area contributed by atoms with E-state index in [0.29, 0.717) is 5.92 Å². The molecule has 0 unspecified atom stereocenters. The summed E-state index contributed by atoms with van der Waals surface area (Å²) in [5.74, 6) is 0.579. The minimum atomic E-state index is -0.297. The Morgan fingerprint density at radius 2 is 1.79 bits per heavy atom. The SMILES string of the molecule is CCCCCC[C@H](O)[C@@H](N)CC(C)C. The van der Waals surface area contributed by atoms with Crippen molar-refractivity contribution in [3.05, 3.63) is 0 Å². The summed E-state index contributed by atoms with van der Waals surface area (Å²) in [6.45, 7) is 6.48. The van der Waals surface area contributed by atoms with E-state index < -0.39 is 0 Å². The number of unbranched alkanes of at least 4 members (excludes halogenated alkanes) is 3. The van der Waals surface area contributed by atoms with Crippen LogP contribution in [0.15, 0.2) is 0 Å². The molecule has 0 aliphatic rings. The van der Waals surface area contributed by atoms with Gasteiger partial charge in [0, 0.05) is 6.04 Å². The van der Waals surface area contributed by atoms with E-state index in [4.69, 9.17) is 5.73 Å². The van der Waals surface area contributed by atoms with Crippen LogP contribution in [0.4, 0.5) is 0 Å². The van der Waals surface area contributed by atoms with Gasteiger partial charge in [0.2, 0.25) is 0 Å². The molecular formula is C12H27NO. The van der Waals surface area contributed by atoms with Crippen molar-refractivity contribution in [3.8, 4) is 0 Å². The molecule has 0 spiro atoms. The summed E-state index contributed by atoms with van der Waals surface area (Å²) in [5.41, 5.74) is 5.88. The lowest BCUT2D eigenvalue weighted by atomic mass is 9.96. The first-order valence-electron chi connectivity index (χ1n) is 6.01. The zero-order chi connectivity index (χ0) is 11.0. The van der Waals surface area contributed by atoms with Crippen molar-refractivity contribution in [3.63, 3.8) is 0 Å². The lowest BCUT2D eigenvalue weighted by Crippen LogP contribution is -2.35. The van der Waals surface area contributed by atoms with Crippen molar-refractivity contribution in [2.75, 3.05) is 0 Å². The van der Waals surface area contributed by atoms with Crippen LogP contribution < -0.4 is 5.73 Å². The zero-order valence-corrected chi connectivity index (χ0v) is 10.00. The largest absolute Gasteiger partial charge is 0.392 e. The maximum absolute atomic E-state index is 9.74. The molecule has 3 N–H and O–H groups in total. The standard InChI is InChI=1S/C12H27NO/c1-4-5-6-7-8-12(14)11(13)9-10(2)3/h10-12,14H,4-9,13H2,1-3H3/t11-,12-/m0/s1. The number of hydrogen-bond acceptors (Lipinski definition) is 2. The summed E-state index contributed by atoms with van der Waals surface area (Å²) in [5, 5.41) is 9.74. The van der Waals surface area contributed by atoms with Gasteiger partial charge in [-0.3, -0.25) is 0 Å². The summed E-state index contributed by atoms with van der Waals surface area (Å²) < 4.78 is 0. The van der Waals surface area contributed by atoms with E-state index >= 15 is 0 Å². The topological polar surface area (TPSA) is 46.2 Å². The van der Waals surface area contributed by atoms with E-state index in [1.165, 1.54) is 19.3 Å². The zero-order valence-electron chi connectivity index (χ0n) is 10.00. The Morgan fingerprint density at radius 3 is 2.29 bits per heavy atom. The molecule has 0 aliphatic heterocycles. The molecule has 0 radical (unpaired) electrons. The monoisotopic (exact) mass is 201 g/mol. The third-order valence-corrected chi connectivity index (χ3v) is 2.59. The number of hydrogen-bond donors (Lipinski definition) is 2. The third kappa shape index (κ3) is 7.34. The molecule has 0 aromatic rings. The lowest BCUT2D eigenvalue weighted by molar-refractivity contribution is 0.122. The fourth-order valence-corrected chi connectivity index (χ4v) is 1.70. The van der Waals surface area contributed by atoms with Crippen LogP contribution in [0, 0.1) is 5.92 Å². The molecule has 0 aromatic carbocycles. The molecule has 2 atom stereocenters. The Hall–Kier alpha value is -0.0800. The molecule has 0 fully saturated rings. The van der Waals surface area contributed by atoms with Gasteiger partial charge in [0.15, 0.2) is 0 Å². The fourth-order valence-electron chi connectivity index (χ4n) is 1.70. The van der Waals surface area contributed by atoms with Crippen LogP contribution >= 0.6 is 0 Å². The van der Waals surface area contributed by atoms with Gasteiger partial charge < -0.3 is 10.8 Å². The predicted octanol–water partition coefficient (Wildman–Crippen LogP) is 2.69. The molecule has 0 heterocycles. The van der Waals surface area contributed by atoms with Crippen molar-refractivity contribution in [1.29, 1.82) is 0 Å². The Bertz CT molecular complexity index is 125. The third-order valence-electron chi connectivity index (χ3n) is 2.59. The summed E-state index contributed by atoms with van der Waals surface area (Å²) >= 11 is 0. The first-order valence-corrected chi connectivity index (χ1v) is 6.01. The Labute approximate surface area is 88.9 Å². The van der Waals surface area contributed by atoms with Gasteiger partial charge in [0.05, 0.1) is 6.10 Å². The highest BCUT2D eigenvalue weighted by Crippen LogP contribution is 2.12. The lowest BCUT2D eigenvalue weighted by Gasteiger charge is -2.20. The van der Waals surface area contributed by atoms with Gasteiger partial charge in [0.1, 0.15) is 0 Å². The highest BCUT2D eigenvalue weighted by Gasteiger charge is 2.15. The molecule has 0 saturated heterocycles. The normalized spacial score (nSPS) is 15.9. The van der Waals surface area contributed by atoms with Crippen molar-refractivity contribution in [2.24, 2.45) is 11.7 Å². The Balaban J connectivity index is 3.46. The van der Waals surface area contributed by atoms with Crippen LogP contribution in [0.25, 0.3) is 0 Å². The first-order chi connectivity index (χ1) is 6.57. The van der Waals surface area contributed by atoms with E-state index in [9.17, 15) is 5.11 Å². The maximum atomic E-state index is 9.74. The molecule has 0 amide bonds. The molecule has 0 aliphatic carbocycles. The maximum Gasteiger partial charge on any atom is 0.0691 e. The highest BCUT2D eigenvalue weighted by molar-refractivity contribution is 4.72. The smallest absolute Gasteiger partial charge is 0.0691 e. The van der Waals surface area contributed by atoms with Crippen molar-refractivity contribution in [1.82, 2.24) is 0 Å². The number of rotatable bonds is 8. The fraction of sp³-hybridized carbons (Fsp3) is 1.00. The van der Waals surface area contributed by atoms with Crippen LogP contribution in [-0.4, -0.2) is 17.3 Å². The van der Waals surface area contributed by atoms with Crippen LogP contribution in [0.3, 0.4) is 0 Å². The van der Waals surface area contributed by atoms with Gasteiger partial charge in [-0.15, -0.1) is 0 Å². The molecular weight excluding hydrogens is 174 g/mol. The van der Waals surface area contributed by atoms with Crippen LogP contribution in [-0.2, 0) is 0 Å². The van der Waals surface area contributed by atoms with Gasteiger partial charge in [0.25, 0.3) is 0 Å². The number of aliphatic hydroxyl groups is 1. The van der Waals surface area contributed by atoms with Crippen molar-refractivity contribution in [2.45, 2.75) is 71.4 Å². The summed E-state index contributed by atoms with van der Waals surface area (Å²) in [6, 6.07) is -0.0309. The second-order valence-electron chi connectivity index (χ2n) is 4.71. The predicted molar refractivity (Wildman–Crippen MR) is 62.2 cm³/mol. The second kappa shape index (κ2) is 8.25. The minimum absolute atomic E-state index is 0.0309. The summed E-state index contributed by atoms with van der Waals surface area (Å²) in [6.07, 6.45) is 6.35. The van der Waals surface area contributed by atoms with Crippen LogP contribution in [0.5, 0.6) is 0 Å².